The van der Waals surface area contributed by atoms with E-state index in [0.717, 1.165) is 48.7 Å². The lowest BCUT2D eigenvalue weighted by atomic mass is 10.2. The third-order valence-electron chi connectivity index (χ3n) is 6.31. The Morgan fingerprint density at radius 2 is 1.85 bits per heavy atom. The van der Waals surface area contributed by atoms with E-state index in [4.69, 9.17) is 23.2 Å². The number of aromatic nitrogens is 5. The number of benzene rings is 1. The van der Waals surface area contributed by atoms with Gasteiger partial charge in [-0.05, 0) is 37.6 Å². The van der Waals surface area contributed by atoms with Crippen LogP contribution in [0.4, 0.5) is 0 Å². The highest BCUT2D eigenvalue weighted by atomic mass is 35.5. The number of hydrogen-bond acceptors (Lipinski definition) is 5. The number of piperazine rings is 1. The van der Waals surface area contributed by atoms with Crippen LogP contribution in [0.3, 0.4) is 0 Å². The number of amides is 1. The minimum absolute atomic E-state index is 0.0772. The minimum Gasteiger partial charge on any atom is -0.335 e. The van der Waals surface area contributed by atoms with E-state index < -0.39 is 0 Å². The molecule has 0 saturated carbocycles. The summed E-state index contributed by atoms with van der Waals surface area (Å²) in [5, 5.41) is 10.2. The minimum atomic E-state index is -0.0772. The fourth-order valence-corrected chi connectivity index (χ4v) is 4.71. The SMILES string of the molecule is CCn1ncc(-c2ccnc3cc(C(=O)N4CCN(Cc5ccc(Cl)c(Cl)c5)CC4)nn23)c1C. The van der Waals surface area contributed by atoms with Gasteiger partial charge in [0.25, 0.3) is 5.91 Å². The highest BCUT2D eigenvalue weighted by molar-refractivity contribution is 6.42. The molecule has 5 rings (SSSR count). The van der Waals surface area contributed by atoms with E-state index in [1.54, 1.807) is 16.8 Å². The average Bonchev–Trinajstić information content (AvgIpc) is 3.45. The highest BCUT2D eigenvalue weighted by Crippen LogP contribution is 2.25. The van der Waals surface area contributed by atoms with Crippen molar-refractivity contribution in [3.63, 3.8) is 0 Å². The Bertz CT molecular complexity index is 1350. The van der Waals surface area contributed by atoms with Crippen molar-refractivity contribution in [3.05, 3.63) is 69.7 Å². The van der Waals surface area contributed by atoms with Crippen LogP contribution in [0.2, 0.25) is 10.0 Å². The predicted octanol–water partition coefficient (Wildman–Crippen LogP) is 4.19. The molecule has 0 aliphatic carbocycles. The summed E-state index contributed by atoms with van der Waals surface area (Å²) in [5.41, 5.74) is 5.05. The van der Waals surface area contributed by atoms with Gasteiger partial charge in [-0.2, -0.15) is 10.2 Å². The van der Waals surface area contributed by atoms with Crippen LogP contribution < -0.4 is 0 Å². The summed E-state index contributed by atoms with van der Waals surface area (Å²) in [6, 6.07) is 9.36. The van der Waals surface area contributed by atoms with Crippen LogP contribution in [-0.4, -0.2) is 66.3 Å². The normalized spacial score (nSPS) is 14.8. The molecule has 1 amide bonds. The van der Waals surface area contributed by atoms with Crippen LogP contribution in [0, 0.1) is 6.92 Å². The lowest BCUT2D eigenvalue weighted by molar-refractivity contribution is 0.0622. The van der Waals surface area contributed by atoms with E-state index in [0.29, 0.717) is 34.5 Å². The first-order valence-electron chi connectivity index (χ1n) is 11.3. The Hall–Kier alpha value is -2.94. The molecule has 4 heterocycles. The molecule has 8 nitrogen and oxygen atoms in total. The van der Waals surface area contributed by atoms with Gasteiger partial charge in [-0.15, -0.1) is 0 Å². The van der Waals surface area contributed by atoms with Gasteiger partial charge in [-0.1, -0.05) is 29.3 Å². The van der Waals surface area contributed by atoms with Crippen molar-refractivity contribution in [1.29, 1.82) is 0 Å². The molecule has 0 spiro atoms. The molecule has 4 aromatic rings. The van der Waals surface area contributed by atoms with Crippen molar-refractivity contribution in [2.45, 2.75) is 26.9 Å². The van der Waals surface area contributed by atoms with E-state index in [1.807, 2.05) is 47.0 Å². The molecule has 34 heavy (non-hydrogen) atoms. The number of carbonyl (C=O) groups excluding carboxylic acids is 1. The molecule has 0 radical (unpaired) electrons. The first-order chi connectivity index (χ1) is 16.4. The van der Waals surface area contributed by atoms with E-state index in [2.05, 4.69) is 27.0 Å². The zero-order valence-electron chi connectivity index (χ0n) is 19.1. The van der Waals surface area contributed by atoms with Crippen molar-refractivity contribution in [2.75, 3.05) is 26.2 Å². The fourth-order valence-electron chi connectivity index (χ4n) is 4.39. The Morgan fingerprint density at radius 1 is 1.06 bits per heavy atom. The van der Waals surface area contributed by atoms with E-state index >= 15 is 0 Å². The van der Waals surface area contributed by atoms with Crippen molar-refractivity contribution in [3.8, 4) is 11.3 Å². The summed E-state index contributed by atoms with van der Waals surface area (Å²) < 4.78 is 3.67. The third-order valence-corrected chi connectivity index (χ3v) is 7.04. The number of fused-ring (bicyclic) bond motifs is 1. The molecule has 1 saturated heterocycles. The van der Waals surface area contributed by atoms with Crippen molar-refractivity contribution in [2.24, 2.45) is 0 Å². The van der Waals surface area contributed by atoms with Crippen molar-refractivity contribution in [1.82, 2.24) is 34.2 Å². The molecule has 3 aromatic heterocycles. The predicted molar refractivity (Wildman–Crippen MR) is 132 cm³/mol. The molecule has 1 aliphatic heterocycles. The maximum absolute atomic E-state index is 13.2. The summed E-state index contributed by atoms with van der Waals surface area (Å²) >= 11 is 12.2. The molecule has 10 heteroatoms. The molecular weight excluding hydrogens is 473 g/mol. The summed E-state index contributed by atoms with van der Waals surface area (Å²) in [6.07, 6.45) is 3.58. The fraction of sp³-hybridized carbons (Fsp3) is 0.333. The van der Waals surface area contributed by atoms with Gasteiger partial charge in [0.05, 0.1) is 21.9 Å². The largest absolute Gasteiger partial charge is 0.335 e. The monoisotopic (exact) mass is 497 g/mol. The first-order valence-corrected chi connectivity index (χ1v) is 12.0. The van der Waals surface area contributed by atoms with Gasteiger partial charge in [0.15, 0.2) is 11.3 Å². The molecule has 1 aromatic carbocycles. The molecular formula is C24H25Cl2N7O. The van der Waals surface area contributed by atoms with Crippen LogP contribution in [0.5, 0.6) is 0 Å². The maximum atomic E-state index is 13.2. The zero-order chi connectivity index (χ0) is 23.8. The van der Waals surface area contributed by atoms with Gasteiger partial charge in [-0.25, -0.2) is 9.50 Å². The van der Waals surface area contributed by atoms with E-state index in [-0.39, 0.29) is 5.91 Å². The first kappa shape index (κ1) is 22.8. The van der Waals surface area contributed by atoms with Crippen molar-refractivity contribution >= 4 is 34.8 Å². The van der Waals surface area contributed by atoms with Gasteiger partial charge in [0, 0.05) is 62.8 Å². The van der Waals surface area contributed by atoms with E-state index in [1.165, 1.54) is 0 Å². The zero-order valence-corrected chi connectivity index (χ0v) is 20.6. The lowest BCUT2D eigenvalue weighted by Gasteiger charge is -2.34. The molecule has 0 unspecified atom stereocenters. The number of hydrogen-bond donors (Lipinski definition) is 0. The van der Waals surface area contributed by atoms with Crippen LogP contribution in [0.15, 0.2) is 42.7 Å². The number of rotatable bonds is 5. The summed E-state index contributed by atoms with van der Waals surface area (Å²) in [6.45, 7) is 8.47. The molecule has 0 N–H and O–H groups in total. The number of halogens is 2. The van der Waals surface area contributed by atoms with Crippen LogP contribution >= 0.6 is 23.2 Å². The van der Waals surface area contributed by atoms with Gasteiger partial charge >= 0.3 is 0 Å². The Kier molecular flexibility index (Phi) is 6.29. The van der Waals surface area contributed by atoms with Gasteiger partial charge in [0.2, 0.25) is 0 Å². The molecule has 1 fully saturated rings. The Balaban J connectivity index is 1.30. The Labute approximate surface area is 207 Å². The standard InChI is InChI=1S/C24H25Cl2N7O/c1-3-32-16(2)18(14-28-32)22-6-7-27-23-13-21(29-33(22)23)24(34)31-10-8-30(9-11-31)15-17-4-5-19(25)20(26)12-17/h4-7,12-14H,3,8-11,15H2,1-2H3. The van der Waals surface area contributed by atoms with Crippen LogP contribution in [0.25, 0.3) is 16.9 Å². The average molecular weight is 498 g/mol. The van der Waals surface area contributed by atoms with Gasteiger partial charge in [0.1, 0.15) is 0 Å². The molecule has 0 bridgehead atoms. The second kappa shape index (κ2) is 9.37. The number of nitrogens with zero attached hydrogens (tertiary/aromatic N) is 7. The third kappa shape index (κ3) is 4.29. The topological polar surface area (TPSA) is 71.6 Å². The number of carbonyl (C=O) groups is 1. The molecule has 1 aliphatic rings. The van der Waals surface area contributed by atoms with Gasteiger partial charge in [-0.3, -0.25) is 14.4 Å². The summed E-state index contributed by atoms with van der Waals surface area (Å²) in [5.74, 6) is -0.0772. The lowest BCUT2D eigenvalue weighted by Crippen LogP contribution is -2.48. The van der Waals surface area contributed by atoms with E-state index in [9.17, 15) is 4.79 Å². The quantitative estimate of drug-likeness (QED) is 0.413. The second-order valence-electron chi connectivity index (χ2n) is 8.41. The second-order valence-corrected chi connectivity index (χ2v) is 9.22. The van der Waals surface area contributed by atoms with Crippen LogP contribution in [-0.2, 0) is 13.1 Å². The smallest absolute Gasteiger partial charge is 0.274 e. The maximum Gasteiger partial charge on any atom is 0.274 e. The summed E-state index contributed by atoms with van der Waals surface area (Å²) in [4.78, 5) is 21.8. The number of aryl methyl sites for hydroxylation is 1. The molecule has 0 atom stereocenters. The van der Waals surface area contributed by atoms with Crippen LogP contribution in [0.1, 0.15) is 28.7 Å². The summed E-state index contributed by atoms with van der Waals surface area (Å²) in [7, 11) is 0. The van der Waals surface area contributed by atoms with Gasteiger partial charge < -0.3 is 4.90 Å². The van der Waals surface area contributed by atoms with Crippen molar-refractivity contribution < 1.29 is 4.79 Å². The Morgan fingerprint density at radius 3 is 2.56 bits per heavy atom. The highest BCUT2D eigenvalue weighted by Gasteiger charge is 2.25. The molecule has 176 valence electrons.